The highest BCUT2D eigenvalue weighted by Gasteiger charge is 2.76. The number of nitrogens with zero attached hydrogens (tertiary/aromatic N) is 1. The first-order valence-electron chi connectivity index (χ1n) is 20.9. The molecule has 2 amide bonds. The average molecular weight is 858 g/mol. The lowest BCUT2D eigenvalue weighted by molar-refractivity contribution is -0.213. The molecule has 9 atom stereocenters. The van der Waals surface area contributed by atoms with Gasteiger partial charge in [0.2, 0.25) is 17.6 Å². The van der Waals surface area contributed by atoms with Crippen LogP contribution in [0.25, 0.3) is 6.08 Å². The first kappa shape index (κ1) is 44.8. The predicted octanol–water partition coefficient (Wildman–Crippen LogP) is 2.62. The third kappa shape index (κ3) is 9.13. The van der Waals surface area contributed by atoms with Gasteiger partial charge in [-0.15, -0.1) is 0 Å². The van der Waals surface area contributed by atoms with Crippen LogP contribution in [-0.4, -0.2) is 118 Å². The Morgan fingerprint density at radius 1 is 0.935 bits per heavy atom. The number of hydrogen-bond acceptors (Lipinski definition) is 14. The predicted molar refractivity (Wildman–Crippen MR) is 221 cm³/mol. The number of carbonyl (C=O) groups is 4. The molecule has 0 spiro atoms. The zero-order valence-corrected chi connectivity index (χ0v) is 35.2. The molecule has 16 nitrogen and oxygen atoms in total. The van der Waals surface area contributed by atoms with Gasteiger partial charge in [0.1, 0.15) is 48.1 Å². The number of benzene rings is 3. The monoisotopic (exact) mass is 857 g/mol. The van der Waals surface area contributed by atoms with E-state index in [1.807, 2.05) is 84.9 Å². The second-order valence-electron chi connectivity index (χ2n) is 17.1. The number of aliphatic hydroxyl groups is 3. The summed E-state index contributed by atoms with van der Waals surface area (Å²) in [7, 11) is 0. The summed E-state index contributed by atoms with van der Waals surface area (Å²) in [5.41, 5.74) is 0.426. The molecule has 3 aliphatic heterocycles. The fourth-order valence-electron chi connectivity index (χ4n) is 8.72. The van der Waals surface area contributed by atoms with Gasteiger partial charge in [0, 0.05) is 24.0 Å². The molecule has 16 heteroatoms. The first-order chi connectivity index (χ1) is 29.7. The van der Waals surface area contributed by atoms with Gasteiger partial charge in [-0.25, -0.2) is 0 Å². The number of esters is 2. The van der Waals surface area contributed by atoms with Crippen molar-refractivity contribution < 1.29 is 63.0 Å². The molecule has 1 aliphatic carbocycles. The summed E-state index contributed by atoms with van der Waals surface area (Å²) in [6, 6.07) is 22.2. The van der Waals surface area contributed by atoms with Crippen LogP contribution in [0.1, 0.15) is 69.2 Å². The molecule has 3 saturated heterocycles. The summed E-state index contributed by atoms with van der Waals surface area (Å²) in [5, 5.41) is 36.9. The number of hydroxylamine groups is 2. The van der Waals surface area contributed by atoms with Crippen LogP contribution in [0.15, 0.2) is 91.2 Å². The standard InChI is InChI=1S/C46H55N3O13/c1-28(52)36(41(54)47-33(27-51)19-20-35(53)59-44(2,3)4)48-43(56)45-25-34-37-38(61-46(60-37,31-11-7-5-8-12-31)32-13-9-6-10-14-32)40(45)62-49(39(45)42(55)58-34)26-30-17-15-29(16-18-30)21-23-57-24-22-50/h5-18,21,23,28,33-34,36-40,50-52H,19-20,22,24-27H2,1-4H3,(H,47,54)(H,48,56)/t28-,33-,34+,36+,37-,38-,39-,40+,45-/m0/s1. The molecule has 2 bridgehead atoms. The smallest absolute Gasteiger partial charge is 0.327 e. The fourth-order valence-corrected chi connectivity index (χ4v) is 8.72. The van der Waals surface area contributed by atoms with Gasteiger partial charge in [0.15, 0.2) is 6.04 Å². The molecule has 332 valence electrons. The number of carbonyl (C=O) groups excluding carboxylic acids is 4. The number of amides is 2. The molecule has 4 aliphatic rings. The summed E-state index contributed by atoms with van der Waals surface area (Å²) in [6.07, 6.45) is -2.37. The maximum atomic E-state index is 15.2. The van der Waals surface area contributed by atoms with Crippen molar-refractivity contribution in [2.24, 2.45) is 5.41 Å². The Bertz CT molecular complexity index is 2040. The van der Waals surface area contributed by atoms with Crippen molar-refractivity contribution in [2.45, 2.75) is 114 Å². The van der Waals surface area contributed by atoms with Crippen molar-refractivity contribution in [3.8, 4) is 0 Å². The van der Waals surface area contributed by atoms with Crippen molar-refractivity contribution in [1.29, 1.82) is 0 Å². The lowest BCUT2D eigenvalue weighted by Gasteiger charge is -2.49. The van der Waals surface area contributed by atoms with Crippen LogP contribution in [0.5, 0.6) is 0 Å². The number of fused-ring (bicyclic) bond motifs is 4. The summed E-state index contributed by atoms with van der Waals surface area (Å²) in [4.78, 5) is 62.6. The molecule has 0 unspecified atom stereocenters. The zero-order chi connectivity index (χ0) is 44.2. The summed E-state index contributed by atoms with van der Waals surface area (Å²) < 4.78 is 30.7. The topological polar surface area (TPSA) is 212 Å². The van der Waals surface area contributed by atoms with Gasteiger partial charge in [-0.05, 0) is 51.3 Å². The number of nitrogens with one attached hydrogen (secondary N) is 2. The van der Waals surface area contributed by atoms with E-state index in [1.165, 1.54) is 18.2 Å². The highest BCUT2D eigenvalue weighted by Crippen LogP contribution is 2.59. The maximum Gasteiger partial charge on any atom is 0.327 e. The van der Waals surface area contributed by atoms with Crippen molar-refractivity contribution >= 4 is 29.8 Å². The number of hydrogen-bond donors (Lipinski definition) is 5. The van der Waals surface area contributed by atoms with Crippen LogP contribution < -0.4 is 10.6 Å². The van der Waals surface area contributed by atoms with Crippen molar-refractivity contribution in [3.05, 3.63) is 113 Å². The van der Waals surface area contributed by atoms with E-state index >= 15 is 4.79 Å². The van der Waals surface area contributed by atoms with Gasteiger partial charge in [0.25, 0.3) is 0 Å². The Kier molecular flexibility index (Phi) is 13.5. The normalized spacial score (nSPS) is 26.5. The van der Waals surface area contributed by atoms with Gasteiger partial charge >= 0.3 is 11.9 Å². The molecule has 3 aromatic carbocycles. The van der Waals surface area contributed by atoms with E-state index < -0.39 is 95.8 Å². The molecule has 3 heterocycles. The minimum Gasteiger partial charge on any atom is -0.499 e. The number of rotatable bonds is 17. The molecule has 0 aromatic heterocycles. The second kappa shape index (κ2) is 18.6. The first-order valence-corrected chi connectivity index (χ1v) is 20.9. The third-order valence-corrected chi connectivity index (χ3v) is 11.5. The average Bonchev–Trinajstić information content (AvgIpc) is 3.83. The lowest BCUT2D eigenvalue weighted by atomic mass is 9.62. The van der Waals surface area contributed by atoms with E-state index in [4.69, 9.17) is 33.6 Å². The molecule has 62 heavy (non-hydrogen) atoms. The Labute approximate surface area is 360 Å². The summed E-state index contributed by atoms with van der Waals surface area (Å²) in [5.74, 6) is -4.31. The Morgan fingerprint density at radius 2 is 1.58 bits per heavy atom. The van der Waals surface area contributed by atoms with Crippen LogP contribution in [0.3, 0.4) is 0 Å². The molecule has 3 aromatic rings. The van der Waals surface area contributed by atoms with E-state index in [-0.39, 0.29) is 39.0 Å². The highest BCUT2D eigenvalue weighted by molar-refractivity contribution is 5.96. The van der Waals surface area contributed by atoms with E-state index in [0.717, 1.165) is 11.1 Å². The van der Waals surface area contributed by atoms with Gasteiger partial charge < -0.3 is 49.6 Å². The van der Waals surface area contributed by atoms with Gasteiger partial charge in [-0.2, -0.15) is 5.06 Å². The Morgan fingerprint density at radius 3 is 2.18 bits per heavy atom. The molecule has 7 rings (SSSR count). The summed E-state index contributed by atoms with van der Waals surface area (Å²) >= 11 is 0. The van der Waals surface area contributed by atoms with Crippen LogP contribution in [0, 0.1) is 5.41 Å². The largest absolute Gasteiger partial charge is 0.499 e. The molecule has 0 radical (unpaired) electrons. The number of ether oxygens (including phenoxy) is 5. The van der Waals surface area contributed by atoms with E-state index in [2.05, 4.69) is 10.6 Å². The van der Waals surface area contributed by atoms with E-state index in [1.54, 1.807) is 26.8 Å². The van der Waals surface area contributed by atoms with Crippen molar-refractivity contribution in [3.63, 3.8) is 0 Å². The van der Waals surface area contributed by atoms with Crippen molar-refractivity contribution in [2.75, 3.05) is 19.8 Å². The van der Waals surface area contributed by atoms with Crippen LogP contribution in [0.4, 0.5) is 0 Å². The minimum absolute atomic E-state index is 0.0295. The van der Waals surface area contributed by atoms with Crippen molar-refractivity contribution in [1.82, 2.24) is 15.7 Å². The SMILES string of the molecule is C[C@H](O)[C@@H](NC(=O)[C@@]12C[C@H]3OC(=O)[C@@H]1N(Cc1ccc(C=COCCO)cc1)O[C@@H]2[C@H]1OC(c2ccccc2)(c2ccccc2)O[C@H]13)C(=O)N[C@H](CO)CCC(=O)OC(C)(C)C. The van der Waals surface area contributed by atoms with Crippen LogP contribution in [0.2, 0.25) is 0 Å². The molecule has 4 fully saturated rings. The molecular weight excluding hydrogens is 803 g/mol. The third-order valence-electron chi connectivity index (χ3n) is 11.5. The van der Waals surface area contributed by atoms with E-state index in [9.17, 15) is 24.6 Å². The van der Waals surface area contributed by atoms with Gasteiger partial charge in [-0.1, -0.05) is 84.9 Å². The maximum absolute atomic E-state index is 15.2. The number of aliphatic hydroxyl groups excluding tert-OH is 3. The van der Waals surface area contributed by atoms with Gasteiger partial charge in [-0.3, -0.25) is 24.0 Å². The molecular formula is C46H55N3O13. The minimum atomic E-state index is -1.72. The molecule has 5 N–H and O–H groups in total. The van der Waals surface area contributed by atoms with E-state index in [0.29, 0.717) is 11.1 Å². The Hall–Kier alpha value is -5.20. The zero-order valence-electron chi connectivity index (χ0n) is 35.2. The fraction of sp³-hybridized carbons (Fsp3) is 0.478. The second-order valence-corrected chi connectivity index (χ2v) is 17.1. The van der Waals surface area contributed by atoms with Crippen LogP contribution >= 0.6 is 0 Å². The van der Waals surface area contributed by atoms with Crippen LogP contribution in [-0.2, 0) is 60.0 Å². The lowest BCUT2D eigenvalue weighted by Crippen LogP contribution is -2.71. The quantitative estimate of drug-likeness (QED) is 0.0751. The summed E-state index contributed by atoms with van der Waals surface area (Å²) in [6.45, 7) is 6.08. The van der Waals surface area contributed by atoms with Gasteiger partial charge in [0.05, 0.1) is 38.2 Å². The Balaban J connectivity index is 1.21. The molecule has 1 saturated carbocycles. The highest BCUT2D eigenvalue weighted by atomic mass is 16.8.